The van der Waals surface area contributed by atoms with E-state index in [0.717, 1.165) is 55.6 Å². The number of hydrogen-bond acceptors (Lipinski definition) is 6. The summed E-state index contributed by atoms with van der Waals surface area (Å²) in [4.78, 5) is 22.5. The molecule has 0 spiro atoms. The molecule has 2 aromatic carbocycles. The van der Waals surface area contributed by atoms with Crippen LogP contribution in [-0.2, 0) is 17.9 Å². The van der Waals surface area contributed by atoms with Gasteiger partial charge in [0.05, 0.1) is 24.3 Å². The molecule has 3 N–H and O–H groups in total. The predicted octanol–water partition coefficient (Wildman–Crippen LogP) is 4.95. The predicted molar refractivity (Wildman–Crippen MR) is 161 cm³/mol. The van der Waals surface area contributed by atoms with Crippen molar-refractivity contribution in [3.8, 4) is 11.1 Å². The van der Waals surface area contributed by atoms with E-state index >= 15 is 0 Å². The van der Waals surface area contributed by atoms with Crippen molar-refractivity contribution in [3.63, 3.8) is 0 Å². The summed E-state index contributed by atoms with van der Waals surface area (Å²) in [6, 6.07) is 17.4. The van der Waals surface area contributed by atoms with Crippen molar-refractivity contribution in [2.24, 2.45) is 0 Å². The number of benzene rings is 2. The van der Waals surface area contributed by atoms with E-state index < -0.39 is 0 Å². The minimum Gasteiger partial charge on any atom is -0.383 e. The Bertz CT molecular complexity index is 1320. The molecular weight excluding hydrogens is 498 g/mol. The van der Waals surface area contributed by atoms with Crippen LogP contribution in [0.3, 0.4) is 0 Å². The van der Waals surface area contributed by atoms with Gasteiger partial charge < -0.3 is 20.7 Å². The Kier molecular flexibility index (Phi) is 8.84. The third-order valence-corrected chi connectivity index (χ3v) is 8.64. The van der Waals surface area contributed by atoms with Crippen LogP contribution in [-0.4, -0.2) is 66.1 Å². The van der Waals surface area contributed by atoms with Gasteiger partial charge in [-0.15, -0.1) is 0 Å². The molecule has 1 aliphatic heterocycles. The zero-order valence-corrected chi connectivity index (χ0v) is 24.3. The number of likely N-dealkylation sites (tertiary alicyclic amines) is 1. The van der Waals surface area contributed by atoms with Gasteiger partial charge >= 0.3 is 0 Å². The Morgan fingerprint density at radius 2 is 1.80 bits per heavy atom. The van der Waals surface area contributed by atoms with Gasteiger partial charge in [-0.1, -0.05) is 42.5 Å². The maximum absolute atomic E-state index is 13.3. The molecule has 1 aliphatic carbocycles. The molecule has 7 heteroatoms. The number of carbonyl (C=O) groups is 1. The molecule has 0 radical (unpaired) electrons. The fourth-order valence-electron chi connectivity index (χ4n) is 5.89. The fraction of sp³-hybridized carbons (Fsp3) is 0.455. The first-order valence-electron chi connectivity index (χ1n) is 14.5. The summed E-state index contributed by atoms with van der Waals surface area (Å²) < 4.78 is 6.27. The third-order valence-electron chi connectivity index (χ3n) is 8.64. The summed E-state index contributed by atoms with van der Waals surface area (Å²) in [5, 5.41) is 3.19. The Balaban J connectivity index is 1.20. The van der Waals surface area contributed by atoms with E-state index in [1.165, 1.54) is 23.1 Å². The van der Waals surface area contributed by atoms with Gasteiger partial charge in [0.1, 0.15) is 5.82 Å². The van der Waals surface area contributed by atoms with Gasteiger partial charge in [-0.25, -0.2) is 4.98 Å². The SMILES string of the molecule is Cc1ccc(CO[C@H]2CCC[C@@H]2NC(=O)c2cc(-c3ccc(CN4CC[C@H](N(C)C)C4)cc3)cnc2N)cc1C. The zero-order chi connectivity index (χ0) is 28.2. The molecule has 0 bridgehead atoms. The number of nitrogen functional groups attached to an aromatic ring is 1. The van der Waals surface area contributed by atoms with Crippen LogP contribution in [0.1, 0.15) is 58.3 Å². The molecule has 1 saturated heterocycles. The first-order valence-corrected chi connectivity index (χ1v) is 14.5. The Labute approximate surface area is 238 Å². The molecule has 40 heavy (non-hydrogen) atoms. The van der Waals surface area contributed by atoms with E-state index in [4.69, 9.17) is 10.5 Å². The molecule has 2 aliphatic rings. The summed E-state index contributed by atoms with van der Waals surface area (Å²) in [6.45, 7) is 7.96. The van der Waals surface area contributed by atoms with Crippen molar-refractivity contribution in [1.82, 2.24) is 20.1 Å². The van der Waals surface area contributed by atoms with Crippen LogP contribution >= 0.6 is 0 Å². The highest BCUT2D eigenvalue weighted by atomic mass is 16.5. The van der Waals surface area contributed by atoms with Crippen LogP contribution in [0.25, 0.3) is 11.1 Å². The van der Waals surface area contributed by atoms with Crippen LogP contribution in [0.2, 0.25) is 0 Å². The largest absolute Gasteiger partial charge is 0.383 e. The Hall–Kier alpha value is -3.26. The van der Waals surface area contributed by atoms with Crippen molar-refractivity contribution < 1.29 is 9.53 Å². The lowest BCUT2D eigenvalue weighted by molar-refractivity contribution is 0.0272. The lowest BCUT2D eigenvalue weighted by Crippen LogP contribution is -2.41. The molecule has 7 nitrogen and oxygen atoms in total. The van der Waals surface area contributed by atoms with Crippen molar-refractivity contribution in [2.75, 3.05) is 32.9 Å². The van der Waals surface area contributed by atoms with E-state index in [0.29, 0.717) is 18.2 Å². The molecule has 5 rings (SSSR count). The number of aryl methyl sites for hydroxylation is 2. The molecule has 3 aromatic rings. The molecule has 2 heterocycles. The molecule has 212 valence electrons. The van der Waals surface area contributed by atoms with Crippen LogP contribution in [0.4, 0.5) is 5.82 Å². The summed E-state index contributed by atoms with van der Waals surface area (Å²) in [5.41, 5.74) is 13.5. The molecule has 0 unspecified atom stereocenters. The second-order valence-corrected chi connectivity index (χ2v) is 11.8. The summed E-state index contributed by atoms with van der Waals surface area (Å²) in [5.74, 6) is 0.0487. The van der Waals surface area contributed by atoms with Gasteiger partial charge in [-0.2, -0.15) is 0 Å². The molecular formula is C33H43N5O2. The van der Waals surface area contributed by atoms with Gasteiger partial charge in [0.15, 0.2) is 0 Å². The number of hydrogen-bond donors (Lipinski definition) is 2. The molecule has 3 atom stereocenters. The van der Waals surface area contributed by atoms with E-state index in [2.05, 4.69) is 90.5 Å². The minimum absolute atomic E-state index is 0.0147. The third kappa shape index (κ3) is 6.72. The number of anilines is 1. The number of ether oxygens (including phenoxy) is 1. The quantitative estimate of drug-likeness (QED) is 0.399. The maximum Gasteiger partial charge on any atom is 0.255 e. The Morgan fingerprint density at radius 3 is 2.52 bits per heavy atom. The highest BCUT2D eigenvalue weighted by Gasteiger charge is 2.30. The van der Waals surface area contributed by atoms with Crippen molar-refractivity contribution in [2.45, 2.75) is 70.9 Å². The lowest BCUT2D eigenvalue weighted by atomic mass is 10.0. The van der Waals surface area contributed by atoms with Gasteiger partial charge in [0.2, 0.25) is 0 Å². The number of carbonyl (C=O) groups excluding carboxylic acids is 1. The van der Waals surface area contributed by atoms with E-state index in [-0.39, 0.29) is 23.9 Å². The van der Waals surface area contributed by atoms with Gasteiger partial charge in [0.25, 0.3) is 5.91 Å². The van der Waals surface area contributed by atoms with Crippen LogP contribution in [0.5, 0.6) is 0 Å². The van der Waals surface area contributed by atoms with Crippen molar-refractivity contribution in [3.05, 3.63) is 82.5 Å². The summed E-state index contributed by atoms with van der Waals surface area (Å²) in [6.07, 6.45) is 5.80. The monoisotopic (exact) mass is 541 g/mol. The zero-order valence-electron chi connectivity index (χ0n) is 24.3. The smallest absolute Gasteiger partial charge is 0.255 e. The standard InChI is InChI=1S/C33H43N5O2/c1-22-8-9-25(16-23(22)2)21-40-31-7-5-6-30(31)36-33(39)29-17-27(18-35-32(29)34)26-12-10-24(11-13-26)19-38-15-14-28(20-38)37(3)4/h8-13,16-18,28,30-31H,5-7,14-15,19-21H2,1-4H3,(H2,34,35)(H,36,39)/t28-,30-,31-/m0/s1. The van der Waals surface area contributed by atoms with Crippen LogP contribution in [0.15, 0.2) is 54.7 Å². The molecule has 1 saturated carbocycles. The number of aromatic nitrogens is 1. The number of rotatable bonds is 9. The number of nitrogens with zero attached hydrogens (tertiary/aromatic N) is 3. The van der Waals surface area contributed by atoms with Crippen LogP contribution < -0.4 is 11.1 Å². The number of amides is 1. The summed E-state index contributed by atoms with van der Waals surface area (Å²) in [7, 11) is 4.32. The molecule has 1 aromatic heterocycles. The first kappa shape index (κ1) is 28.3. The average Bonchev–Trinajstić information content (AvgIpc) is 3.60. The van der Waals surface area contributed by atoms with Gasteiger partial charge in [-0.05, 0) is 87.5 Å². The van der Waals surface area contributed by atoms with Crippen molar-refractivity contribution in [1.29, 1.82) is 0 Å². The van der Waals surface area contributed by atoms with Crippen LogP contribution in [0, 0.1) is 13.8 Å². The average molecular weight is 542 g/mol. The Morgan fingerprint density at radius 1 is 1.02 bits per heavy atom. The normalized spacial score (nSPS) is 21.3. The molecule has 1 amide bonds. The second-order valence-electron chi connectivity index (χ2n) is 11.8. The second kappa shape index (κ2) is 12.5. The lowest BCUT2D eigenvalue weighted by Gasteiger charge is -2.22. The van der Waals surface area contributed by atoms with Gasteiger partial charge in [0, 0.05) is 37.4 Å². The minimum atomic E-state index is -0.195. The number of nitrogens with two attached hydrogens (primary N) is 1. The van der Waals surface area contributed by atoms with E-state index in [1.54, 1.807) is 6.20 Å². The topological polar surface area (TPSA) is 83.7 Å². The number of likely N-dealkylation sites (N-methyl/N-ethyl adjacent to an activating group) is 1. The molecule has 2 fully saturated rings. The highest BCUT2D eigenvalue weighted by Crippen LogP contribution is 2.27. The number of nitrogens with one attached hydrogen (secondary N) is 1. The van der Waals surface area contributed by atoms with E-state index in [9.17, 15) is 4.79 Å². The van der Waals surface area contributed by atoms with E-state index in [1.807, 2.05) is 6.07 Å². The highest BCUT2D eigenvalue weighted by molar-refractivity contribution is 5.99. The van der Waals surface area contributed by atoms with Crippen molar-refractivity contribution >= 4 is 11.7 Å². The number of pyridine rings is 1. The van der Waals surface area contributed by atoms with Gasteiger partial charge in [-0.3, -0.25) is 9.69 Å². The fourth-order valence-corrected chi connectivity index (χ4v) is 5.89. The maximum atomic E-state index is 13.3. The first-order chi connectivity index (χ1) is 19.3. The summed E-state index contributed by atoms with van der Waals surface area (Å²) >= 11 is 0.